The van der Waals surface area contributed by atoms with Crippen LogP contribution < -0.4 is 16.1 Å². The van der Waals surface area contributed by atoms with Crippen molar-refractivity contribution in [3.63, 3.8) is 0 Å². The molecule has 2 atom stereocenters. The summed E-state index contributed by atoms with van der Waals surface area (Å²) in [6.45, 7) is 2.55. The van der Waals surface area contributed by atoms with Crippen LogP contribution in [0.5, 0.6) is 0 Å². The maximum Gasteiger partial charge on any atom is 0.249 e. The Morgan fingerprint density at radius 1 is 1.18 bits per heavy atom. The Morgan fingerprint density at radius 3 is 2.82 bits per heavy atom. The maximum atomic E-state index is 12.4. The SMILES string of the molecule is O=C1C=C(C2CCNCC2)N2NCC(c3nnc(-c4ccccc4Cl)o3)C2N1. The Hall–Kier alpha value is -2.42. The number of halogens is 1. The van der Waals surface area contributed by atoms with Gasteiger partial charge in [0.2, 0.25) is 17.7 Å². The van der Waals surface area contributed by atoms with Crippen LogP contribution in [-0.2, 0) is 4.79 Å². The zero-order valence-corrected chi connectivity index (χ0v) is 15.9. The van der Waals surface area contributed by atoms with E-state index < -0.39 is 0 Å². The molecule has 1 aromatic heterocycles. The highest BCUT2D eigenvalue weighted by Crippen LogP contribution is 2.36. The van der Waals surface area contributed by atoms with E-state index in [1.165, 1.54) is 0 Å². The first-order valence-electron chi connectivity index (χ1n) is 9.54. The summed E-state index contributed by atoms with van der Waals surface area (Å²) in [7, 11) is 0. The normalized spacial score (nSPS) is 25.4. The highest BCUT2D eigenvalue weighted by Gasteiger charge is 2.44. The molecule has 9 heteroatoms. The number of carbonyl (C=O) groups excluding carboxylic acids is 1. The smallest absolute Gasteiger partial charge is 0.249 e. The third-order valence-corrected chi connectivity index (χ3v) is 5.94. The maximum absolute atomic E-state index is 12.4. The van der Waals surface area contributed by atoms with Crippen LogP contribution in [0.1, 0.15) is 24.7 Å². The van der Waals surface area contributed by atoms with E-state index in [-0.39, 0.29) is 18.0 Å². The van der Waals surface area contributed by atoms with Gasteiger partial charge in [0.25, 0.3) is 0 Å². The molecule has 0 bridgehead atoms. The third-order valence-electron chi connectivity index (χ3n) is 5.61. The van der Waals surface area contributed by atoms with E-state index in [0.29, 0.717) is 34.8 Å². The summed E-state index contributed by atoms with van der Waals surface area (Å²) < 4.78 is 5.95. The molecule has 2 fully saturated rings. The Bertz CT molecular complexity index is 923. The molecule has 28 heavy (non-hydrogen) atoms. The first kappa shape index (κ1) is 17.7. The molecule has 4 heterocycles. The third kappa shape index (κ3) is 3.07. The molecule has 0 radical (unpaired) electrons. The summed E-state index contributed by atoms with van der Waals surface area (Å²) in [6.07, 6.45) is 3.50. The molecule has 2 unspecified atom stereocenters. The van der Waals surface area contributed by atoms with Gasteiger partial charge in [0.05, 0.1) is 16.5 Å². The van der Waals surface area contributed by atoms with Gasteiger partial charge in [0.15, 0.2) is 0 Å². The number of carbonyl (C=O) groups is 1. The molecule has 5 rings (SSSR count). The molecule has 3 N–H and O–H groups in total. The number of amides is 1. The minimum atomic E-state index is -0.248. The van der Waals surface area contributed by atoms with Crippen LogP contribution in [0.2, 0.25) is 5.02 Å². The average molecular weight is 401 g/mol. The molecule has 1 aromatic carbocycles. The topological polar surface area (TPSA) is 95.3 Å². The van der Waals surface area contributed by atoms with Crippen molar-refractivity contribution < 1.29 is 9.21 Å². The fourth-order valence-corrected chi connectivity index (χ4v) is 4.39. The molecule has 3 aliphatic heterocycles. The minimum absolute atomic E-state index is 0.0747. The average Bonchev–Trinajstić information content (AvgIpc) is 3.35. The van der Waals surface area contributed by atoms with Crippen molar-refractivity contribution in [2.45, 2.75) is 24.9 Å². The first-order valence-corrected chi connectivity index (χ1v) is 9.92. The molecular formula is C19H21ClN6O2. The van der Waals surface area contributed by atoms with Crippen LogP contribution in [0.4, 0.5) is 0 Å². The van der Waals surface area contributed by atoms with Gasteiger partial charge in [-0.2, -0.15) is 0 Å². The summed E-state index contributed by atoms with van der Waals surface area (Å²) in [5.41, 5.74) is 5.16. The summed E-state index contributed by atoms with van der Waals surface area (Å²) in [6, 6.07) is 7.37. The first-order chi connectivity index (χ1) is 13.7. The van der Waals surface area contributed by atoms with Gasteiger partial charge in [-0.1, -0.05) is 23.7 Å². The van der Waals surface area contributed by atoms with E-state index >= 15 is 0 Å². The number of allylic oxidation sites excluding steroid dienone is 1. The van der Waals surface area contributed by atoms with Gasteiger partial charge < -0.3 is 15.1 Å². The number of nitrogens with zero attached hydrogens (tertiary/aromatic N) is 3. The second kappa shape index (κ2) is 7.20. The molecule has 0 spiro atoms. The van der Waals surface area contributed by atoms with E-state index in [2.05, 4.69) is 31.3 Å². The van der Waals surface area contributed by atoms with E-state index in [9.17, 15) is 4.79 Å². The molecule has 3 aliphatic rings. The van der Waals surface area contributed by atoms with Gasteiger partial charge in [-0.25, -0.2) is 5.43 Å². The fourth-order valence-electron chi connectivity index (χ4n) is 4.18. The van der Waals surface area contributed by atoms with Crippen molar-refractivity contribution in [2.24, 2.45) is 5.92 Å². The number of benzene rings is 1. The zero-order chi connectivity index (χ0) is 19.1. The molecule has 8 nitrogen and oxygen atoms in total. The number of aromatic nitrogens is 2. The summed E-state index contributed by atoms with van der Waals surface area (Å²) in [5.74, 6) is 1.02. The summed E-state index contributed by atoms with van der Waals surface area (Å²) in [5, 5.41) is 17.5. The molecule has 1 amide bonds. The number of rotatable bonds is 3. The Kier molecular flexibility index (Phi) is 4.54. The van der Waals surface area contributed by atoms with Crippen molar-refractivity contribution in [3.8, 4) is 11.5 Å². The Balaban J connectivity index is 1.41. The van der Waals surface area contributed by atoms with Gasteiger partial charge in [0.1, 0.15) is 6.17 Å². The highest BCUT2D eigenvalue weighted by molar-refractivity contribution is 6.33. The van der Waals surface area contributed by atoms with Crippen LogP contribution in [0, 0.1) is 5.92 Å². The van der Waals surface area contributed by atoms with Crippen LogP contribution in [0.3, 0.4) is 0 Å². The molecule has 2 aromatic rings. The predicted octanol–water partition coefficient (Wildman–Crippen LogP) is 1.63. The summed E-state index contributed by atoms with van der Waals surface area (Å²) in [4.78, 5) is 12.4. The fraction of sp³-hybridized carbons (Fsp3) is 0.421. The van der Waals surface area contributed by atoms with E-state index in [1.807, 2.05) is 18.2 Å². The quantitative estimate of drug-likeness (QED) is 0.720. The van der Waals surface area contributed by atoms with Crippen molar-refractivity contribution in [3.05, 3.63) is 47.0 Å². The molecule has 146 valence electrons. The predicted molar refractivity (Wildman–Crippen MR) is 103 cm³/mol. The standard InChI is InChI=1S/C19H21ClN6O2/c20-14-4-2-1-3-12(14)18-24-25-19(28-18)13-10-22-26-15(9-16(27)23-17(13)26)11-5-7-21-8-6-11/h1-4,9,11,13,17,21-22H,5-8,10H2,(H,23,27). The van der Waals surface area contributed by atoms with Crippen molar-refractivity contribution in [1.82, 2.24) is 31.3 Å². The number of piperidine rings is 1. The Morgan fingerprint density at radius 2 is 2.00 bits per heavy atom. The van der Waals surface area contributed by atoms with E-state index in [4.69, 9.17) is 16.0 Å². The monoisotopic (exact) mass is 400 g/mol. The van der Waals surface area contributed by atoms with Crippen LogP contribution in [0.15, 0.2) is 40.5 Å². The lowest BCUT2D eigenvalue weighted by molar-refractivity contribution is -0.119. The second-order valence-electron chi connectivity index (χ2n) is 7.31. The van der Waals surface area contributed by atoms with E-state index in [1.54, 1.807) is 12.1 Å². The van der Waals surface area contributed by atoms with E-state index in [0.717, 1.165) is 31.6 Å². The van der Waals surface area contributed by atoms with Gasteiger partial charge in [-0.3, -0.25) is 9.80 Å². The van der Waals surface area contributed by atoms with Crippen molar-refractivity contribution in [1.29, 1.82) is 0 Å². The summed E-state index contributed by atoms with van der Waals surface area (Å²) >= 11 is 6.24. The number of hydrogen-bond acceptors (Lipinski definition) is 7. The van der Waals surface area contributed by atoms with Crippen LogP contribution in [-0.4, -0.2) is 46.9 Å². The van der Waals surface area contributed by atoms with Gasteiger partial charge in [0, 0.05) is 24.2 Å². The Labute approximate surface area is 167 Å². The lowest BCUT2D eigenvalue weighted by Gasteiger charge is -2.38. The highest BCUT2D eigenvalue weighted by atomic mass is 35.5. The molecular weight excluding hydrogens is 380 g/mol. The van der Waals surface area contributed by atoms with Crippen molar-refractivity contribution in [2.75, 3.05) is 19.6 Å². The van der Waals surface area contributed by atoms with Crippen LogP contribution >= 0.6 is 11.6 Å². The zero-order valence-electron chi connectivity index (χ0n) is 15.2. The molecule has 2 saturated heterocycles. The number of hydrogen-bond donors (Lipinski definition) is 3. The van der Waals surface area contributed by atoms with Gasteiger partial charge >= 0.3 is 0 Å². The second-order valence-corrected chi connectivity index (χ2v) is 7.72. The molecule has 0 aliphatic carbocycles. The largest absolute Gasteiger partial charge is 0.420 e. The lowest BCUT2D eigenvalue weighted by Crippen LogP contribution is -2.53. The van der Waals surface area contributed by atoms with Gasteiger partial charge in [-0.05, 0) is 38.1 Å². The number of fused-ring (bicyclic) bond motifs is 1. The lowest BCUT2D eigenvalue weighted by atomic mass is 9.92. The van der Waals surface area contributed by atoms with Gasteiger partial charge in [-0.15, -0.1) is 10.2 Å². The number of hydrazine groups is 1. The van der Waals surface area contributed by atoms with Crippen molar-refractivity contribution >= 4 is 17.5 Å². The van der Waals surface area contributed by atoms with Crippen LogP contribution in [0.25, 0.3) is 11.5 Å². The number of nitrogens with one attached hydrogen (secondary N) is 3. The minimum Gasteiger partial charge on any atom is -0.420 e. The molecule has 0 saturated carbocycles.